The number of halogens is 3. The molecule has 0 unspecified atom stereocenters. The third kappa shape index (κ3) is 6.51. The summed E-state index contributed by atoms with van der Waals surface area (Å²) in [5.74, 6) is 0.502. The van der Waals surface area contributed by atoms with Crippen LogP contribution in [0, 0.1) is 6.92 Å². The molecular weight excluding hydrogens is 513 g/mol. The molecule has 2 atom stereocenters. The minimum Gasteiger partial charge on any atom is -0.447 e. The van der Waals surface area contributed by atoms with Gasteiger partial charge >= 0.3 is 12.3 Å². The van der Waals surface area contributed by atoms with Gasteiger partial charge in [0.2, 0.25) is 5.95 Å². The molecule has 3 aromatic rings. The van der Waals surface area contributed by atoms with E-state index in [2.05, 4.69) is 31.8 Å². The second kappa shape index (κ2) is 10.6. The first-order valence-electron chi connectivity index (χ1n) is 12.2. The maximum Gasteiger partial charge on any atom is 0.433 e. The minimum atomic E-state index is -4.55. The number of carbonyl (C=O) groups is 1. The molecule has 206 valence electrons. The molecule has 3 aromatic heterocycles. The SMILES string of the molecule is C=C(Nc1nccc(N2C(=O)OC[C@@H]2[C@@H](C)OC(C)(C)C)n1)c1ccc(-c2ccnc(C(F)(F)F)c2)c(C)n1. The highest BCUT2D eigenvalue weighted by molar-refractivity contribution is 5.89. The molecule has 12 heteroatoms. The third-order valence-corrected chi connectivity index (χ3v) is 5.89. The van der Waals surface area contributed by atoms with Crippen LogP contribution in [0.3, 0.4) is 0 Å². The molecule has 0 aliphatic carbocycles. The quantitative estimate of drug-likeness (QED) is 0.395. The summed E-state index contributed by atoms with van der Waals surface area (Å²) in [5.41, 5.74) is 0.794. The fourth-order valence-corrected chi connectivity index (χ4v) is 4.21. The number of anilines is 2. The second-order valence-corrected chi connectivity index (χ2v) is 10.0. The number of cyclic esters (lactones) is 1. The largest absolute Gasteiger partial charge is 0.447 e. The molecule has 0 saturated carbocycles. The van der Waals surface area contributed by atoms with Crippen molar-refractivity contribution in [2.75, 3.05) is 16.8 Å². The van der Waals surface area contributed by atoms with Gasteiger partial charge in [-0.25, -0.2) is 9.78 Å². The van der Waals surface area contributed by atoms with Crippen molar-refractivity contribution in [3.63, 3.8) is 0 Å². The Morgan fingerprint density at radius 3 is 2.54 bits per heavy atom. The van der Waals surface area contributed by atoms with Gasteiger partial charge in [-0.1, -0.05) is 12.6 Å². The highest BCUT2D eigenvalue weighted by atomic mass is 19.4. The molecule has 4 heterocycles. The number of nitrogens with zero attached hydrogens (tertiary/aromatic N) is 5. The zero-order valence-corrected chi connectivity index (χ0v) is 22.2. The van der Waals surface area contributed by atoms with Crippen molar-refractivity contribution in [3.8, 4) is 11.1 Å². The first kappa shape index (κ1) is 28.0. The van der Waals surface area contributed by atoms with Crippen molar-refractivity contribution in [2.45, 2.75) is 58.5 Å². The monoisotopic (exact) mass is 542 g/mol. The Balaban J connectivity index is 1.52. The molecule has 1 aliphatic heterocycles. The third-order valence-electron chi connectivity index (χ3n) is 5.89. The number of amides is 1. The molecule has 1 saturated heterocycles. The fraction of sp³-hybridized carbons (Fsp3) is 0.370. The molecule has 0 radical (unpaired) electrons. The molecule has 39 heavy (non-hydrogen) atoms. The van der Waals surface area contributed by atoms with Crippen molar-refractivity contribution in [3.05, 3.63) is 66.4 Å². The number of nitrogens with one attached hydrogen (secondary N) is 1. The average Bonchev–Trinajstić information content (AvgIpc) is 3.24. The van der Waals surface area contributed by atoms with Crippen LogP contribution in [0.1, 0.15) is 44.8 Å². The number of alkyl halides is 3. The van der Waals surface area contributed by atoms with Crippen molar-refractivity contribution in [2.24, 2.45) is 0 Å². The van der Waals surface area contributed by atoms with Gasteiger partial charge in [0.1, 0.15) is 24.2 Å². The number of aromatic nitrogens is 4. The van der Waals surface area contributed by atoms with Crippen LogP contribution in [0.4, 0.5) is 29.7 Å². The number of ether oxygens (including phenoxy) is 2. The van der Waals surface area contributed by atoms with E-state index in [1.165, 1.54) is 17.2 Å². The van der Waals surface area contributed by atoms with Gasteiger partial charge in [0, 0.05) is 23.7 Å². The van der Waals surface area contributed by atoms with E-state index in [0.29, 0.717) is 34.0 Å². The van der Waals surface area contributed by atoms with Crippen LogP contribution in [-0.2, 0) is 15.7 Å². The van der Waals surface area contributed by atoms with Gasteiger partial charge in [0.15, 0.2) is 0 Å². The molecule has 1 aliphatic rings. The molecular formula is C27H29F3N6O3. The van der Waals surface area contributed by atoms with E-state index in [1.807, 2.05) is 27.7 Å². The van der Waals surface area contributed by atoms with Crippen LogP contribution in [0.25, 0.3) is 16.8 Å². The van der Waals surface area contributed by atoms with Gasteiger partial charge in [-0.05, 0) is 64.4 Å². The molecule has 1 N–H and O–H groups in total. The predicted octanol–water partition coefficient (Wildman–Crippen LogP) is 5.87. The maximum absolute atomic E-state index is 13.1. The average molecular weight is 543 g/mol. The van der Waals surface area contributed by atoms with Crippen molar-refractivity contribution in [1.29, 1.82) is 0 Å². The number of hydrogen-bond donors (Lipinski definition) is 1. The van der Waals surface area contributed by atoms with Gasteiger partial charge < -0.3 is 14.8 Å². The summed E-state index contributed by atoms with van der Waals surface area (Å²) in [6, 6.07) is 6.99. The topological polar surface area (TPSA) is 102 Å². The predicted molar refractivity (Wildman–Crippen MR) is 140 cm³/mol. The Morgan fingerprint density at radius 1 is 1.15 bits per heavy atom. The number of pyridine rings is 2. The first-order valence-corrected chi connectivity index (χ1v) is 12.2. The Kier molecular flexibility index (Phi) is 7.60. The highest BCUT2D eigenvalue weighted by Gasteiger charge is 2.40. The molecule has 1 amide bonds. The Hall–Kier alpha value is -4.06. The molecule has 0 bridgehead atoms. The Labute approximate surface area is 224 Å². The summed E-state index contributed by atoms with van der Waals surface area (Å²) in [6.45, 7) is 13.5. The molecule has 0 aromatic carbocycles. The van der Waals surface area contributed by atoms with Gasteiger partial charge in [-0.15, -0.1) is 0 Å². The molecule has 1 fully saturated rings. The number of hydrogen-bond acceptors (Lipinski definition) is 8. The summed E-state index contributed by atoms with van der Waals surface area (Å²) in [6.07, 6.45) is -2.79. The maximum atomic E-state index is 13.1. The first-order chi connectivity index (χ1) is 18.2. The standard InChI is InChI=1S/C27H29F3N6O3/c1-15-19(18-9-11-31-22(13-18)27(28,29)30)7-8-20(33-15)16(2)34-24-32-12-10-23(35-24)36-21(14-38-25(36)37)17(3)39-26(4,5)6/h7-13,17,21H,2,14H2,1,3-6H3,(H,32,34,35)/t17-,21-/m1/s1. The normalized spacial score (nSPS) is 16.7. The van der Waals surface area contributed by atoms with Crippen LogP contribution in [-0.4, -0.2) is 50.4 Å². The van der Waals surface area contributed by atoms with E-state index in [0.717, 1.165) is 12.3 Å². The summed E-state index contributed by atoms with van der Waals surface area (Å²) >= 11 is 0. The van der Waals surface area contributed by atoms with Crippen LogP contribution >= 0.6 is 0 Å². The highest BCUT2D eigenvalue weighted by Crippen LogP contribution is 2.32. The Bertz CT molecular complexity index is 1390. The van der Waals surface area contributed by atoms with Crippen LogP contribution < -0.4 is 10.2 Å². The zero-order valence-electron chi connectivity index (χ0n) is 22.2. The smallest absolute Gasteiger partial charge is 0.433 e. The number of rotatable bonds is 7. The van der Waals surface area contributed by atoms with Gasteiger partial charge in [0.05, 0.1) is 23.1 Å². The van der Waals surface area contributed by atoms with E-state index >= 15 is 0 Å². The summed E-state index contributed by atoms with van der Waals surface area (Å²) in [5, 5.41) is 2.99. The summed E-state index contributed by atoms with van der Waals surface area (Å²) < 4.78 is 50.6. The zero-order chi connectivity index (χ0) is 28.5. The van der Waals surface area contributed by atoms with Crippen LogP contribution in [0.5, 0.6) is 0 Å². The van der Waals surface area contributed by atoms with E-state index in [4.69, 9.17) is 9.47 Å². The van der Waals surface area contributed by atoms with Crippen molar-refractivity contribution in [1.82, 2.24) is 19.9 Å². The number of aryl methyl sites for hydroxylation is 1. The summed E-state index contributed by atoms with van der Waals surface area (Å²) in [7, 11) is 0. The Morgan fingerprint density at radius 2 is 1.87 bits per heavy atom. The van der Waals surface area contributed by atoms with E-state index in [9.17, 15) is 18.0 Å². The van der Waals surface area contributed by atoms with Gasteiger partial charge in [-0.2, -0.15) is 18.2 Å². The molecule has 4 rings (SSSR count). The lowest BCUT2D eigenvalue weighted by Crippen LogP contribution is -2.45. The minimum absolute atomic E-state index is 0.160. The lowest BCUT2D eigenvalue weighted by molar-refractivity contribution is -0.141. The lowest BCUT2D eigenvalue weighted by atomic mass is 10.0. The lowest BCUT2D eigenvalue weighted by Gasteiger charge is -2.31. The van der Waals surface area contributed by atoms with Gasteiger partial charge in [0.25, 0.3) is 0 Å². The van der Waals surface area contributed by atoms with E-state index in [-0.39, 0.29) is 24.7 Å². The molecule has 9 nitrogen and oxygen atoms in total. The van der Waals surface area contributed by atoms with E-state index < -0.39 is 23.6 Å². The van der Waals surface area contributed by atoms with Crippen LogP contribution in [0.2, 0.25) is 0 Å². The fourth-order valence-electron chi connectivity index (χ4n) is 4.21. The van der Waals surface area contributed by atoms with Crippen molar-refractivity contribution >= 4 is 23.6 Å². The number of carbonyl (C=O) groups excluding carboxylic acids is 1. The summed E-state index contributed by atoms with van der Waals surface area (Å²) in [4.78, 5) is 30.6. The second-order valence-electron chi connectivity index (χ2n) is 10.0. The molecule has 0 spiro atoms. The van der Waals surface area contributed by atoms with Crippen LogP contribution in [0.15, 0.2) is 49.3 Å². The van der Waals surface area contributed by atoms with Gasteiger partial charge in [-0.3, -0.25) is 14.9 Å². The van der Waals surface area contributed by atoms with E-state index in [1.54, 1.807) is 25.1 Å². The van der Waals surface area contributed by atoms with Crippen molar-refractivity contribution < 1.29 is 27.4 Å².